The van der Waals surface area contributed by atoms with Gasteiger partial charge in [0.25, 0.3) is 0 Å². The van der Waals surface area contributed by atoms with Crippen LogP contribution in [0.5, 0.6) is 0 Å². The van der Waals surface area contributed by atoms with E-state index in [1.165, 1.54) is 25.7 Å². The highest BCUT2D eigenvalue weighted by Crippen LogP contribution is 2.25. The van der Waals surface area contributed by atoms with Crippen LogP contribution in [-0.2, 0) is 28.4 Å². The topological polar surface area (TPSA) is 55.4 Å². The van der Waals surface area contributed by atoms with Crippen molar-refractivity contribution < 1.29 is 28.4 Å². The first kappa shape index (κ1) is 20.5. The summed E-state index contributed by atoms with van der Waals surface area (Å²) >= 11 is 0. The molecule has 1 aliphatic heterocycles. The molecule has 3 rings (SSSR count). The third kappa shape index (κ3) is 7.06. The van der Waals surface area contributed by atoms with Crippen molar-refractivity contribution in [3.05, 3.63) is 0 Å². The van der Waals surface area contributed by atoms with Gasteiger partial charge in [-0.05, 0) is 25.7 Å². The molecule has 3 fully saturated rings. The quantitative estimate of drug-likeness (QED) is 0.652. The number of rotatable bonds is 0. The Kier molecular flexibility index (Phi) is 9.67. The second-order valence-electron chi connectivity index (χ2n) is 7.43. The first-order valence-corrected chi connectivity index (χ1v) is 10.6. The molecule has 0 spiro atoms. The van der Waals surface area contributed by atoms with E-state index in [-0.39, 0.29) is 24.4 Å². The van der Waals surface area contributed by atoms with Crippen LogP contribution in [0.2, 0.25) is 0 Å². The van der Waals surface area contributed by atoms with E-state index < -0.39 is 0 Å². The molecule has 152 valence electrons. The summed E-state index contributed by atoms with van der Waals surface area (Å²) < 4.78 is 35.5. The fraction of sp³-hybridized carbons (Fsp3) is 1.00. The predicted octanol–water partition coefficient (Wildman–Crippen LogP) is 2.72. The Morgan fingerprint density at radius 1 is 0.346 bits per heavy atom. The molecule has 0 bridgehead atoms. The minimum Gasteiger partial charge on any atom is -0.377 e. The number of fused-ring (bicyclic) bond motifs is 2. The summed E-state index contributed by atoms with van der Waals surface area (Å²) in [6.45, 7) is 4.93. The SMILES string of the molecule is C1CCC2OCCOCCO[C@@H]3CCCC[C@H]3OCCOCCOC2C1. The zero-order valence-corrected chi connectivity index (χ0v) is 16.1. The van der Waals surface area contributed by atoms with Gasteiger partial charge in [-0.2, -0.15) is 0 Å². The molecule has 0 N–H and O–H groups in total. The van der Waals surface area contributed by atoms with E-state index in [2.05, 4.69) is 0 Å². The third-order valence-electron chi connectivity index (χ3n) is 5.52. The van der Waals surface area contributed by atoms with Crippen LogP contribution in [0.4, 0.5) is 0 Å². The Hall–Kier alpha value is -0.240. The molecule has 3 aliphatic rings. The van der Waals surface area contributed by atoms with E-state index in [0.29, 0.717) is 52.9 Å². The van der Waals surface area contributed by atoms with Gasteiger partial charge in [-0.1, -0.05) is 25.7 Å². The molecule has 0 amide bonds. The highest BCUT2D eigenvalue weighted by Gasteiger charge is 2.27. The van der Waals surface area contributed by atoms with Gasteiger partial charge in [-0.25, -0.2) is 0 Å². The predicted molar refractivity (Wildman–Crippen MR) is 97.5 cm³/mol. The Morgan fingerprint density at radius 3 is 0.885 bits per heavy atom. The van der Waals surface area contributed by atoms with E-state index in [4.69, 9.17) is 28.4 Å². The lowest BCUT2D eigenvalue weighted by atomic mass is 9.94. The van der Waals surface area contributed by atoms with Crippen LogP contribution >= 0.6 is 0 Å². The van der Waals surface area contributed by atoms with Gasteiger partial charge < -0.3 is 28.4 Å². The Morgan fingerprint density at radius 2 is 0.615 bits per heavy atom. The number of hydrogen-bond donors (Lipinski definition) is 0. The van der Waals surface area contributed by atoms with Crippen molar-refractivity contribution in [1.29, 1.82) is 0 Å². The smallest absolute Gasteiger partial charge is 0.0837 e. The molecule has 0 aromatic heterocycles. The average Bonchev–Trinajstić information content (AvgIpc) is 2.68. The van der Waals surface area contributed by atoms with E-state index >= 15 is 0 Å². The Balaban J connectivity index is 1.44. The minimum atomic E-state index is 0.189. The van der Waals surface area contributed by atoms with Crippen LogP contribution < -0.4 is 0 Å². The summed E-state index contributed by atoms with van der Waals surface area (Å²) in [5, 5.41) is 0. The Bertz CT molecular complexity index is 300. The molecule has 0 radical (unpaired) electrons. The zero-order chi connectivity index (χ0) is 17.9. The second-order valence-corrected chi connectivity index (χ2v) is 7.43. The second kappa shape index (κ2) is 12.3. The maximum atomic E-state index is 6.03. The van der Waals surface area contributed by atoms with Crippen molar-refractivity contribution in [2.45, 2.75) is 75.8 Å². The summed E-state index contributed by atoms with van der Waals surface area (Å²) in [5.41, 5.74) is 0. The van der Waals surface area contributed by atoms with E-state index in [9.17, 15) is 0 Å². The maximum absolute atomic E-state index is 6.03. The molecule has 4 atom stereocenters. The molecule has 0 aromatic carbocycles. The van der Waals surface area contributed by atoms with Crippen LogP contribution in [0.1, 0.15) is 51.4 Å². The number of hydrogen-bond acceptors (Lipinski definition) is 6. The molecule has 26 heavy (non-hydrogen) atoms. The van der Waals surface area contributed by atoms with Crippen LogP contribution in [-0.4, -0.2) is 77.3 Å². The molecule has 6 heteroatoms. The number of ether oxygens (including phenoxy) is 6. The summed E-state index contributed by atoms with van der Waals surface area (Å²) in [6.07, 6.45) is 9.93. The summed E-state index contributed by atoms with van der Waals surface area (Å²) in [7, 11) is 0. The van der Waals surface area contributed by atoms with Gasteiger partial charge in [0.05, 0.1) is 77.3 Å². The van der Waals surface area contributed by atoms with Gasteiger partial charge in [-0.3, -0.25) is 0 Å². The lowest BCUT2D eigenvalue weighted by Crippen LogP contribution is -2.37. The van der Waals surface area contributed by atoms with Crippen LogP contribution in [0, 0.1) is 0 Å². The molecule has 2 saturated carbocycles. The zero-order valence-electron chi connectivity index (χ0n) is 16.1. The van der Waals surface area contributed by atoms with E-state index in [0.717, 1.165) is 25.7 Å². The largest absolute Gasteiger partial charge is 0.377 e. The third-order valence-corrected chi connectivity index (χ3v) is 5.52. The summed E-state index contributed by atoms with van der Waals surface area (Å²) in [4.78, 5) is 0. The van der Waals surface area contributed by atoms with E-state index in [1.54, 1.807) is 0 Å². The first-order valence-electron chi connectivity index (χ1n) is 10.6. The van der Waals surface area contributed by atoms with Gasteiger partial charge in [-0.15, -0.1) is 0 Å². The van der Waals surface area contributed by atoms with Crippen LogP contribution in [0.25, 0.3) is 0 Å². The molecule has 0 aromatic rings. The Labute approximate surface area is 157 Å². The lowest BCUT2D eigenvalue weighted by molar-refractivity contribution is -0.129. The van der Waals surface area contributed by atoms with Gasteiger partial charge in [0, 0.05) is 0 Å². The van der Waals surface area contributed by atoms with Crippen molar-refractivity contribution in [2.75, 3.05) is 52.9 Å². The van der Waals surface area contributed by atoms with Gasteiger partial charge in [0.1, 0.15) is 0 Å². The lowest BCUT2D eigenvalue weighted by Gasteiger charge is -2.32. The standard InChI is InChI=1S/C20H36O6/c1-2-6-18-17(5-1)23-13-9-21-11-15-25-19-7-3-4-8-20(19)26-16-12-22-10-14-24-18/h17-20H,1-16H2/t17-,18-,19?,20?/m1/s1. The maximum Gasteiger partial charge on any atom is 0.0837 e. The van der Waals surface area contributed by atoms with Crippen LogP contribution in [0.3, 0.4) is 0 Å². The first-order chi connectivity index (χ1) is 12.9. The normalized spacial score (nSPS) is 36.9. The fourth-order valence-corrected chi connectivity index (χ4v) is 4.13. The molecular weight excluding hydrogens is 336 g/mol. The van der Waals surface area contributed by atoms with Crippen molar-refractivity contribution in [1.82, 2.24) is 0 Å². The van der Waals surface area contributed by atoms with Crippen molar-refractivity contribution in [3.63, 3.8) is 0 Å². The molecule has 1 saturated heterocycles. The van der Waals surface area contributed by atoms with Gasteiger partial charge in [0.15, 0.2) is 0 Å². The van der Waals surface area contributed by atoms with Gasteiger partial charge >= 0.3 is 0 Å². The highest BCUT2D eigenvalue weighted by molar-refractivity contribution is 4.77. The van der Waals surface area contributed by atoms with E-state index in [1.807, 2.05) is 0 Å². The average molecular weight is 373 g/mol. The molecule has 2 aliphatic carbocycles. The molecule has 2 unspecified atom stereocenters. The molecule has 6 nitrogen and oxygen atoms in total. The highest BCUT2D eigenvalue weighted by atomic mass is 16.6. The molecule has 1 heterocycles. The summed E-state index contributed by atoms with van der Waals surface area (Å²) in [6, 6.07) is 0. The van der Waals surface area contributed by atoms with Gasteiger partial charge in [0.2, 0.25) is 0 Å². The molecular formula is C20H36O6. The van der Waals surface area contributed by atoms with Crippen molar-refractivity contribution in [3.8, 4) is 0 Å². The van der Waals surface area contributed by atoms with Crippen LogP contribution in [0.15, 0.2) is 0 Å². The van der Waals surface area contributed by atoms with Crippen molar-refractivity contribution >= 4 is 0 Å². The van der Waals surface area contributed by atoms with Crippen molar-refractivity contribution in [2.24, 2.45) is 0 Å². The fourth-order valence-electron chi connectivity index (χ4n) is 4.13. The summed E-state index contributed by atoms with van der Waals surface area (Å²) in [5.74, 6) is 0. The monoisotopic (exact) mass is 372 g/mol. The minimum absolute atomic E-state index is 0.189.